The third-order valence-corrected chi connectivity index (χ3v) is 3.80. The average molecular weight is 259 g/mol. The molecule has 2 nitrogen and oxygen atoms in total. The summed E-state index contributed by atoms with van der Waals surface area (Å²) in [6.45, 7) is 4.46. The normalized spacial score (nSPS) is 17.8. The molecule has 0 aliphatic carbocycles. The second kappa shape index (κ2) is 5.24. The molecule has 1 aliphatic rings. The molecule has 2 heterocycles. The lowest BCUT2D eigenvalue weighted by atomic mass is 9.99. The lowest BCUT2D eigenvalue weighted by Gasteiger charge is -2.31. The number of hydrogen-bond acceptors (Lipinski definition) is 2. The predicted octanol–water partition coefficient (Wildman–Crippen LogP) is 3.71. The fourth-order valence-electron chi connectivity index (χ4n) is 1.98. The Bertz CT molecular complexity index is 360. The maximum Gasteiger partial charge on any atom is 0.128 e. The average Bonchev–Trinajstić information content (AvgIpc) is 2.31. The van der Waals surface area contributed by atoms with Crippen LogP contribution in [0.2, 0.25) is 5.02 Å². The minimum Gasteiger partial charge on any atom is -0.357 e. The summed E-state index contributed by atoms with van der Waals surface area (Å²) in [5, 5.41) is 0.657. The summed E-state index contributed by atoms with van der Waals surface area (Å²) >= 11 is 11.8. The first-order valence-electron chi connectivity index (χ1n) is 5.66. The molecule has 1 fully saturated rings. The third-order valence-electron chi connectivity index (χ3n) is 3.17. The zero-order chi connectivity index (χ0) is 11.5. The van der Waals surface area contributed by atoms with Crippen LogP contribution in [0.1, 0.15) is 25.3 Å². The zero-order valence-corrected chi connectivity index (χ0v) is 10.9. The third kappa shape index (κ3) is 2.61. The number of anilines is 1. The van der Waals surface area contributed by atoms with Crippen molar-refractivity contribution in [2.24, 2.45) is 5.92 Å². The molecule has 1 aromatic heterocycles. The molecule has 0 amide bonds. The van der Waals surface area contributed by atoms with E-state index >= 15 is 0 Å². The van der Waals surface area contributed by atoms with Crippen LogP contribution in [0.5, 0.6) is 0 Å². The molecular weight excluding hydrogens is 243 g/mol. The van der Waals surface area contributed by atoms with Gasteiger partial charge in [-0.2, -0.15) is 0 Å². The van der Waals surface area contributed by atoms with Gasteiger partial charge < -0.3 is 4.90 Å². The van der Waals surface area contributed by atoms with Crippen LogP contribution < -0.4 is 4.90 Å². The summed E-state index contributed by atoms with van der Waals surface area (Å²) in [6.07, 6.45) is 4.17. The Balaban J connectivity index is 2.14. The number of halogens is 2. The highest BCUT2D eigenvalue weighted by Crippen LogP contribution is 2.25. The van der Waals surface area contributed by atoms with Gasteiger partial charge in [-0.05, 0) is 30.4 Å². The number of rotatable bonds is 2. The second-order valence-electron chi connectivity index (χ2n) is 4.44. The lowest BCUT2D eigenvalue weighted by Crippen LogP contribution is -2.33. The van der Waals surface area contributed by atoms with Crippen molar-refractivity contribution < 1.29 is 0 Å². The van der Waals surface area contributed by atoms with E-state index in [2.05, 4.69) is 16.8 Å². The molecule has 0 saturated carbocycles. The number of aromatic nitrogens is 1. The van der Waals surface area contributed by atoms with Crippen LogP contribution in [-0.2, 0) is 5.88 Å². The quantitative estimate of drug-likeness (QED) is 0.752. The fourth-order valence-corrected chi connectivity index (χ4v) is 2.44. The molecule has 1 saturated heterocycles. The first-order valence-corrected chi connectivity index (χ1v) is 6.57. The highest BCUT2D eigenvalue weighted by Gasteiger charge is 2.17. The first kappa shape index (κ1) is 12.0. The molecule has 0 bridgehead atoms. The Hall–Kier alpha value is -0.470. The molecule has 88 valence electrons. The molecule has 0 unspecified atom stereocenters. The van der Waals surface area contributed by atoms with Gasteiger partial charge in [0.15, 0.2) is 0 Å². The Labute approximate surface area is 107 Å². The van der Waals surface area contributed by atoms with Crippen LogP contribution >= 0.6 is 23.2 Å². The van der Waals surface area contributed by atoms with Crippen LogP contribution in [-0.4, -0.2) is 18.1 Å². The SMILES string of the molecule is CC1CCN(c2cc(CCl)c(Cl)cn2)CC1. The van der Waals surface area contributed by atoms with Gasteiger partial charge in [0.2, 0.25) is 0 Å². The fraction of sp³-hybridized carbons (Fsp3) is 0.583. The van der Waals surface area contributed by atoms with E-state index in [4.69, 9.17) is 23.2 Å². The van der Waals surface area contributed by atoms with Gasteiger partial charge in [0.1, 0.15) is 5.82 Å². The standard InChI is InChI=1S/C12H16Cl2N2/c1-9-2-4-16(5-3-9)12-6-10(7-13)11(14)8-15-12/h6,8-9H,2-5,7H2,1H3. The van der Waals surface area contributed by atoms with Gasteiger partial charge in [0, 0.05) is 25.2 Å². The minimum absolute atomic E-state index is 0.443. The van der Waals surface area contributed by atoms with E-state index in [1.165, 1.54) is 12.8 Å². The maximum absolute atomic E-state index is 5.99. The van der Waals surface area contributed by atoms with Crippen LogP contribution in [0, 0.1) is 5.92 Å². The summed E-state index contributed by atoms with van der Waals surface area (Å²) in [6, 6.07) is 2.01. The van der Waals surface area contributed by atoms with Gasteiger partial charge in [0.05, 0.1) is 5.02 Å². The maximum atomic E-state index is 5.99. The molecule has 0 aromatic carbocycles. The topological polar surface area (TPSA) is 16.1 Å². The Morgan fingerprint density at radius 1 is 1.44 bits per heavy atom. The Morgan fingerprint density at radius 3 is 2.75 bits per heavy atom. The summed E-state index contributed by atoms with van der Waals surface area (Å²) < 4.78 is 0. The monoisotopic (exact) mass is 258 g/mol. The number of piperidine rings is 1. The van der Waals surface area contributed by atoms with Crippen molar-refractivity contribution in [1.29, 1.82) is 0 Å². The molecule has 16 heavy (non-hydrogen) atoms. The van der Waals surface area contributed by atoms with Crippen molar-refractivity contribution in [3.63, 3.8) is 0 Å². The Morgan fingerprint density at radius 2 is 2.12 bits per heavy atom. The van der Waals surface area contributed by atoms with E-state index in [1.54, 1.807) is 6.20 Å². The molecule has 0 N–H and O–H groups in total. The second-order valence-corrected chi connectivity index (χ2v) is 5.11. The van der Waals surface area contributed by atoms with E-state index in [0.717, 1.165) is 30.4 Å². The number of hydrogen-bond donors (Lipinski definition) is 0. The summed E-state index contributed by atoms with van der Waals surface area (Å²) in [7, 11) is 0. The van der Waals surface area contributed by atoms with E-state index in [-0.39, 0.29) is 0 Å². The molecule has 1 aliphatic heterocycles. The molecular formula is C12H16Cl2N2. The van der Waals surface area contributed by atoms with Crippen molar-refractivity contribution in [1.82, 2.24) is 4.98 Å². The zero-order valence-electron chi connectivity index (χ0n) is 9.42. The van der Waals surface area contributed by atoms with Crippen LogP contribution in [0.25, 0.3) is 0 Å². The minimum atomic E-state index is 0.443. The number of pyridine rings is 1. The predicted molar refractivity (Wildman–Crippen MR) is 69.4 cm³/mol. The first-order chi connectivity index (χ1) is 7.70. The highest BCUT2D eigenvalue weighted by atomic mass is 35.5. The van der Waals surface area contributed by atoms with Gasteiger partial charge >= 0.3 is 0 Å². The van der Waals surface area contributed by atoms with Crippen molar-refractivity contribution in [2.75, 3.05) is 18.0 Å². The van der Waals surface area contributed by atoms with Crippen molar-refractivity contribution >= 4 is 29.0 Å². The van der Waals surface area contributed by atoms with Crippen LogP contribution in [0.15, 0.2) is 12.3 Å². The van der Waals surface area contributed by atoms with Gasteiger partial charge in [-0.3, -0.25) is 0 Å². The molecule has 1 aromatic rings. The number of nitrogens with zero attached hydrogens (tertiary/aromatic N) is 2. The molecule has 0 spiro atoms. The number of alkyl halides is 1. The van der Waals surface area contributed by atoms with Gasteiger partial charge in [-0.1, -0.05) is 18.5 Å². The van der Waals surface area contributed by atoms with Gasteiger partial charge in [-0.25, -0.2) is 4.98 Å². The largest absolute Gasteiger partial charge is 0.357 e. The van der Waals surface area contributed by atoms with Crippen LogP contribution in [0.4, 0.5) is 5.82 Å². The summed E-state index contributed by atoms with van der Waals surface area (Å²) in [5.41, 5.74) is 0.965. The summed E-state index contributed by atoms with van der Waals surface area (Å²) in [5.74, 6) is 2.28. The van der Waals surface area contributed by atoms with Crippen molar-refractivity contribution in [2.45, 2.75) is 25.6 Å². The molecule has 4 heteroatoms. The van der Waals surface area contributed by atoms with Gasteiger partial charge in [-0.15, -0.1) is 11.6 Å². The van der Waals surface area contributed by atoms with Crippen molar-refractivity contribution in [3.05, 3.63) is 22.8 Å². The van der Waals surface area contributed by atoms with E-state index < -0.39 is 0 Å². The molecule has 2 rings (SSSR count). The van der Waals surface area contributed by atoms with E-state index in [1.807, 2.05) is 6.07 Å². The van der Waals surface area contributed by atoms with Gasteiger partial charge in [0.25, 0.3) is 0 Å². The summed E-state index contributed by atoms with van der Waals surface area (Å²) in [4.78, 5) is 6.68. The molecule has 0 radical (unpaired) electrons. The smallest absolute Gasteiger partial charge is 0.128 e. The van der Waals surface area contributed by atoms with Crippen LogP contribution in [0.3, 0.4) is 0 Å². The molecule has 0 atom stereocenters. The highest BCUT2D eigenvalue weighted by molar-refractivity contribution is 6.32. The lowest BCUT2D eigenvalue weighted by molar-refractivity contribution is 0.436. The van der Waals surface area contributed by atoms with E-state index in [9.17, 15) is 0 Å². The van der Waals surface area contributed by atoms with Crippen molar-refractivity contribution in [3.8, 4) is 0 Å². The Kier molecular flexibility index (Phi) is 3.93. The van der Waals surface area contributed by atoms with E-state index in [0.29, 0.717) is 10.9 Å².